The van der Waals surface area contributed by atoms with Crippen LogP contribution in [0.4, 0.5) is 13.2 Å². The first-order valence-corrected chi connectivity index (χ1v) is 6.29. The molecule has 20 heavy (non-hydrogen) atoms. The summed E-state index contributed by atoms with van der Waals surface area (Å²) in [6.45, 7) is 3.91. The fourth-order valence-electron chi connectivity index (χ4n) is 2.08. The zero-order valence-electron chi connectivity index (χ0n) is 12.4. The van der Waals surface area contributed by atoms with Crippen LogP contribution in [0, 0.1) is 0 Å². The molecule has 1 rings (SSSR count). The van der Waals surface area contributed by atoms with Crippen LogP contribution in [-0.4, -0.2) is 37.9 Å². The third kappa shape index (κ3) is 3.86. The lowest BCUT2D eigenvalue weighted by molar-refractivity contribution is -0.275. The van der Waals surface area contributed by atoms with Gasteiger partial charge < -0.3 is 15.0 Å². The van der Waals surface area contributed by atoms with Gasteiger partial charge in [0, 0.05) is 11.1 Å². The Morgan fingerprint density at radius 2 is 1.70 bits per heavy atom. The molecule has 1 unspecified atom stereocenters. The van der Waals surface area contributed by atoms with Crippen LogP contribution < -0.4 is 10.1 Å². The van der Waals surface area contributed by atoms with Crippen molar-refractivity contribution in [3.8, 4) is 5.75 Å². The molecule has 6 heteroatoms. The molecule has 3 nitrogen and oxygen atoms in total. The second-order valence-electron chi connectivity index (χ2n) is 5.36. The predicted molar refractivity (Wildman–Crippen MR) is 72.7 cm³/mol. The zero-order chi connectivity index (χ0) is 15.6. The molecule has 0 saturated heterocycles. The van der Waals surface area contributed by atoms with E-state index in [0.717, 1.165) is 0 Å². The highest BCUT2D eigenvalue weighted by molar-refractivity contribution is 5.38. The van der Waals surface area contributed by atoms with Gasteiger partial charge in [0.15, 0.2) is 0 Å². The summed E-state index contributed by atoms with van der Waals surface area (Å²) in [5.74, 6) is -0.172. The van der Waals surface area contributed by atoms with Crippen molar-refractivity contribution >= 4 is 0 Å². The third-order valence-corrected chi connectivity index (χ3v) is 3.60. The lowest BCUT2D eigenvalue weighted by Gasteiger charge is -2.40. The van der Waals surface area contributed by atoms with E-state index in [2.05, 4.69) is 10.1 Å². The number of hydrogen-bond acceptors (Lipinski definition) is 3. The van der Waals surface area contributed by atoms with Crippen molar-refractivity contribution in [2.45, 2.75) is 31.8 Å². The van der Waals surface area contributed by atoms with Crippen molar-refractivity contribution in [2.75, 3.05) is 21.1 Å². The van der Waals surface area contributed by atoms with Crippen LogP contribution in [-0.2, 0) is 0 Å². The molecule has 1 aromatic carbocycles. The third-order valence-electron chi connectivity index (χ3n) is 3.60. The second-order valence-corrected chi connectivity index (χ2v) is 5.36. The summed E-state index contributed by atoms with van der Waals surface area (Å²) >= 11 is 0. The summed E-state index contributed by atoms with van der Waals surface area (Å²) in [5, 5.41) is 3.08. The van der Waals surface area contributed by atoms with Crippen molar-refractivity contribution in [3.63, 3.8) is 0 Å². The summed E-state index contributed by atoms with van der Waals surface area (Å²) in [6, 6.07) is 5.90. The summed E-state index contributed by atoms with van der Waals surface area (Å²) in [7, 11) is 5.50. The predicted octanol–water partition coefficient (Wildman–Crippen LogP) is 3.19. The number of halogens is 3. The minimum Gasteiger partial charge on any atom is -0.405 e. The first-order chi connectivity index (χ1) is 9.09. The molecule has 0 aliphatic heterocycles. The standard InChI is InChI=1S/C14H21F3N2O/c1-13(2,19(4)5)12(18-3)10-8-6-7-9-11(10)20-14(15,16)17/h6-9,12,18H,1-5H3. The monoisotopic (exact) mass is 290 g/mol. The molecule has 0 radical (unpaired) electrons. The molecule has 0 fully saturated rings. The Labute approximate surface area is 117 Å². The first kappa shape index (κ1) is 16.8. The maximum Gasteiger partial charge on any atom is 0.573 e. The number of nitrogens with zero attached hydrogens (tertiary/aromatic N) is 1. The van der Waals surface area contributed by atoms with Gasteiger partial charge in [-0.25, -0.2) is 0 Å². The maximum atomic E-state index is 12.5. The van der Waals surface area contributed by atoms with Gasteiger partial charge in [0.05, 0.1) is 6.04 Å². The molecule has 0 amide bonds. The lowest BCUT2D eigenvalue weighted by atomic mass is 9.87. The summed E-state index contributed by atoms with van der Waals surface area (Å²) in [6.07, 6.45) is -4.70. The van der Waals surface area contributed by atoms with Crippen LogP contribution in [0.2, 0.25) is 0 Å². The van der Waals surface area contributed by atoms with E-state index < -0.39 is 6.36 Å². The van der Waals surface area contributed by atoms with Gasteiger partial charge >= 0.3 is 6.36 Å². The molecule has 0 aliphatic rings. The van der Waals surface area contributed by atoms with E-state index in [1.807, 2.05) is 32.8 Å². The van der Waals surface area contributed by atoms with Crippen molar-refractivity contribution in [1.82, 2.24) is 10.2 Å². The van der Waals surface area contributed by atoms with Gasteiger partial charge in [-0.3, -0.25) is 0 Å². The second kappa shape index (κ2) is 6.01. The maximum absolute atomic E-state index is 12.5. The summed E-state index contributed by atoms with van der Waals surface area (Å²) in [4.78, 5) is 1.96. The van der Waals surface area contributed by atoms with E-state index in [0.29, 0.717) is 5.56 Å². The normalized spacial score (nSPS) is 14.4. The highest BCUT2D eigenvalue weighted by Gasteiger charge is 2.37. The van der Waals surface area contributed by atoms with Crippen LogP contribution >= 0.6 is 0 Å². The van der Waals surface area contributed by atoms with Gasteiger partial charge in [-0.15, -0.1) is 13.2 Å². The lowest BCUT2D eigenvalue weighted by Crippen LogP contribution is -2.48. The van der Waals surface area contributed by atoms with E-state index in [9.17, 15) is 13.2 Å². The van der Waals surface area contributed by atoms with Gasteiger partial charge in [-0.2, -0.15) is 0 Å². The average Bonchev–Trinajstić information content (AvgIpc) is 2.29. The van der Waals surface area contributed by atoms with Crippen molar-refractivity contribution < 1.29 is 17.9 Å². The molecule has 0 heterocycles. The molecule has 1 aromatic rings. The first-order valence-electron chi connectivity index (χ1n) is 6.29. The number of rotatable bonds is 5. The summed E-state index contributed by atoms with van der Waals surface area (Å²) in [5.41, 5.74) is 0.0887. The molecule has 1 atom stereocenters. The Morgan fingerprint density at radius 3 is 2.15 bits per heavy atom. The number of para-hydroxylation sites is 1. The smallest absolute Gasteiger partial charge is 0.405 e. The van der Waals surface area contributed by atoms with Crippen LogP contribution in [0.15, 0.2) is 24.3 Å². The highest BCUT2D eigenvalue weighted by atomic mass is 19.4. The Balaban J connectivity index is 3.23. The highest BCUT2D eigenvalue weighted by Crippen LogP contribution is 2.36. The Kier molecular flexibility index (Phi) is 5.05. The van der Waals surface area contributed by atoms with Crippen LogP contribution in [0.25, 0.3) is 0 Å². The zero-order valence-corrected chi connectivity index (χ0v) is 12.4. The van der Waals surface area contributed by atoms with Gasteiger partial charge in [0.1, 0.15) is 5.75 Å². The fraction of sp³-hybridized carbons (Fsp3) is 0.571. The number of ether oxygens (including phenoxy) is 1. The van der Waals surface area contributed by atoms with Crippen LogP contribution in [0.3, 0.4) is 0 Å². The topological polar surface area (TPSA) is 24.5 Å². The minimum absolute atomic E-state index is 0.172. The molecular formula is C14H21F3N2O. The van der Waals surface area contributed by atoms with E-state index in [4.69, 9.17) is 0 Å². The van der Waals surface area contributed by atoms with E-state index >= 15 is 0 Å². The Bertz CT molecular complexity index is 444. The van der Waals surface area contributed by atoms with E-state index in [-0.39, 0.29) is 17.3 Å². The Morgan fingerprint density at radius 1 is 1.15 bits per heavy atom. The molecule has 0 aliphatic carbocycles. The summed E-state index contributed by atoms with van der Waals surface area (Å²) < 4.78 is 41.6. The number of nitrogens with one attached hydrogen (secondary N) is 1. The van der Waals surface area contributed by atoms with Gasteiger partial charge in [0.2, 0.25) is 0 Å². The largest absolute Gasteiger partial charge is 0.573 e. The molecule has 0 aromatic heterocycles. The van der Waals surface area contributed by atoms with Crippen LogP contribution in [0.5, 0.6) is 5.75 Å². The minimum atomic E-state index is -4.70. The molecule has 1 N–H and O–H groups in total. The molecule has 0 bridgehead atoms. The van der Waals surface area contributed by atoms with Crippen molar-refractivity contribution in [2.24, 2.45) is 0 Å². The number of likely N-dealkylation sites (N-methyl/N-ethyl adjacent to an activating group) is 2. The van der Waals surface area contributed by atoms with Crippen LogP contribution in [0.1, 0.15) is 25.5 Å². The molecule has 114 valence electrons. The molecular weight excluding hydrogens is 269 g/mol. The Hall–Kier alpha value is -1.27. The van der Waals surface area contributed by atoms with Gasteiger partial charge in [-0.05, 0) is 41.1 Å². The van der Waals surface area contributed by atoms with Gasteiger partial charge in [0.25, 0.3) is 0 Å². The number of benzene rings is 1. The quantitative estimate of drug-likeness (QED) is 0.901. The number of hydrogen-bond donors (Lipinski definition) is 1. The fourth-order valence-corrected chi connectivity index (χ4v) is 2.08. The average molecular weight is 290 g/mol. The number of alkyl halides is 3. The van der Waals surface area contributed by atoms with Crippen molar-refractivity contribution in [3.05, 3.63) is 29.8 Å². The van der Waals surface area contributed by atoms with Crippen molar-refractivity contribution in [1.29, 1.82) is 0 Å². The molecule has 0 spiro atoms. The molecule has 0 saturated carbocycles. The van der Waals surface area contributed by atoms with E-state index in [1.165, 1.54) is 12.1 Å². The van der Waals surface area contributed by atoms with E-state index in [1.54, 1.807) is 19.2 Å². The SMILES string of the molecule is CNC(c1ccccc1OC(F)(F)F)C(C)(C)N(C)C. The van der Waals surface area contributed by atoms with Gasteiger partial charge in [-0.1, -0.05) is 18.2 Å².